The lowest BCUT2D eigenvalue weighted by molar-refractivity contribution is -0.135. The highest BCUT2D eigenvalue weighted by molar-refractivity contribution is 7.61. The average Bonchev–Trinajstić information content (AvgIpc) is 3.45. The Balaban J connectivity index is 1.40. The fourth-order valence-electron chi connectivity index (χ4n) is 4.67. The lowest BCUT2D eigenvalue weighted by Crippen LogP contribution is -2.33. The number of phosphoric ester groups is 2. The Labute approximate surface area is 248 Å². The van der Waals surface area contributed by atoms with Gasteiger partial charge in [-0.3, -0.25) is 28.6 Å². The number of unbranched alkanes of at least 4 members (excludes halogenated alkanes) is 10. The van der Waals surface area contributed by atoms with Crippen LogP contribution < -0.4 is 11.3 Å². The van der Waals surface area contributed by atoms with Crippen molar-refractivity contribution in [3.05, 3.63) is 16.7 Å². The number of aliphatic hydroxyl groups excluding tert-OH is 2. The summed E-state index contributed by atoms with van der Waals surface area (Å²) in [5.74, 6) is -1.32. The molecular weight excluding hydrogens is 612 g/mol. The van der Waals surface area contributed by atoms with Crippen molar-refractivity contribution in [1.82, 2.24) is 19.5 Å². The molecule has 1 aliphatic rings. The summed E-state index contributed by atoms with van der Waals surface area (Å²) in [6, 6.07) is 0. The number of imidazole rings is 1. The second-order valence-corrected chi connectivity index (χ2v) is 13.4. The fraction of sp³-hybridized carbons (Fsp3) is 0.750. The average molecular weight is 654 g/mol. The number of H-pyrrole nitrogens is 1. The van der Waals surface area contributed by atoms with E-state index >= 15 is 0 Å². The minimum atomic E-state index is -5.34. The number of carbonyl (C=O) groups is 1. The summed E-state index contributed by atoms with van der Waals surface area (Å²) < 4.78 is 44.3. The summed E-state index contributed by atoms with van der Waals surface area (Å²) in [5.41, 5.74) is 4.72. The van der Waals surface area contributed by atoms with Crippen LogP contribution in [0, 0.1) is 0 Å². The zero-order valence-electron chi connectivity index (χ0n) is 23.9. The SMILES string of the molecule is CCCCCCCCCCCCCC(=O)OP(=O)(O)OP(=O)(O)OC[C@H]1O[C@@H](n2cnc3c(=O)[nH]c(N)nc32)[C@H](O)[C@@H]1O. The second kappa shape index (κ2) is 16.2. The Morgan fingerprint density at radius 1 is 1.02 bits per heavy atom. The Morgan fingerprint density at radius 2 is 1.63 bits per heavy atom. The highest BCUT2D eigenvalue weighted by atomic mass is 31.3. The molecule has 7 N–H and O–H groups in total. The molecule has 0 amide bonds. The molecule has 1 aliphatic heterocycles. The molecule has 1 saturated heterocycles. The zero-order chi connectivity index (χ0) is 31.6. The molecule has 2 aromatic heterocycles. The number of rotatable bonds is 19. The van der Waals surface area contributed by atoms with Crippen molar-refractivity contribution in [1.29, 1.82) is 0 Å². The first kappa shape index (κ1) is 35.3. The van der Waals surface area contributed by atoms with Crippen molar-refractivity contribution in [2.45, 2.75) is 109 Å². The van der Waals surface area contributed by atoms with Crippen LogP contribution in [0.25, 0.3) is 11.2 Å². The van der Waals surface area contributed by atoms with Gasteiger partial charge in [-0.1, -0.05) is 71.1 Å². The topological polar surface area (TPSA) is 259 Å². The summed E-state index contributed by atoms with van der Waals surface area (Å²) in [7, 11) is -10.6. The number of aromatic amines is 1. The molecule has 17 nitrogen and oxygen atoms in total. The number of nitrogens with zero attached hydrogens (tertiary/aromatic N) is 3. The van der Waals surface area contributed by atoms with Crippen molar-refractivity contribution >= 4 is 38.7 Å². The number of hydrogen-bond donors (Lipinski definition) is 6. The van der Waals surface area contributed by atoms with Gasteiger partial charge in [0.2, 0.25) is 5.95 Å². The van der Waals surface area contributed by atoms with Crippen molar-refractivity contribution in [2.24, 2.45) is 0 Å². The lowest BCUT2D eigenvalue weighted by atomic mass is 10.1. The van der Waals surface area contributed by atoms with E-state index in [1.54, 1.807) is 0 Å². The van der Waals surface area contributed by atoms with Gasteiger partial charge in [-0.05, 0) is 6.42 Å². The Hall–Kier alpha value is -2.20. The highest BCUT2D eigenvalue weighted by Crippen LogP contribution is 2.60. The van der Waals surface area contributed by atoms with E-state index < -0.39 is 58.3 Å². The van der Waals surface area contributed by atoms with E-state index in [-0.39, 0.29) is 23.5 Å². The van der Waals surface area contributed by atoms with Gasteiger partial charge in [0.05, 0.1) is 12.9 Å². The maximum absolute atomic E-state index is 12.3. The Bertz CT molecular complexity index is 1350. The van der Waals surface area contributed by atoms with E-state index in [1.165, 1.54) is 38.5 Å². The molecule has 0 aromatic carbocycles. The maximum Gasteiger partial charge on any atom is 0.538 e. The van der Waals surface area contributed by atoms with Crippen molar-refractivity contribution in [3.8, 4) is 0 Å². The van der Waals surface area contributed by atoms with E-state index in [4.69, 9.17) is 10.5 Å². The first-order valence-electron chi connectivity index (χ1n) is 14.3. The summed E-state index contributed by atoms with van der Waals surface area (Å²) in [6.07, 6.45) is 6.37. The number of hydrogen-bond acceptors (Lipinski definition) is 13. The number of fused-ring (bicyclic) bond motifs is 1. The summed E-state index contributed by atoms with van der Waals surface area (Å²) in [5, 5.41) is 20.8. The predicted octanol–water partition coefficient (Wildman–Crippen LogP) is 2.80. The molecule has 3 heterocycles. The number of carbonyl (C=O) groups excluding carboxylic acids is 1. The lowest BCUT2D eigenvalue weighted by Gasteiger charge is -2.19. The van der Waals surface area contributed by atoms with Crippen molar-refractivity contribution in [2.75, 3.05) is 12.3 Å². The molecule has 6 atom stereocenters. The minimum Gasteiger partial charge on any atom is -0.387 e. The normalized spacial score (nSPS) is 23.3. The van der Waals surface area contributed by atoms with Gasteiger partial charge in [0, 0.05) is 6.42 Å². The van der Waals surface area contributed by atoms with Crippen molar-refractivity contribution in [3.63, 3.8) is 0 Å². The Kier molecular flexibility index (Phi) is 13.3. The molecular formula is C24H41N5O12P2. The third-order valence-electron chi connectivity index (χ3n) is 6.87. The summed E-state index contributed by atoms with van der Waals surface area (Å²) in [4.78, 5) is 53.8. The molecule has 0 radical (unpaired) electrons. The highest BCUT2D eigenvalue weighted by Gasteiger charge is 2.46. The predicted molar refractivity (Wildman–Crippen MR) is 152 cm³/mol. The quantitative estimate of drug-likeness (QED) is 0.0941. The molecule has 0 spiro atoms. The van der Waals surface area contributed by atoms with Crippen molar-refractivity contribution < 1.29 is 52.0 Å². The van der Waals surface area contributed by atoms with Crippen LogP contribution in [-0.2, 0) is 32.0 Å². The molecule has 244 valence electrons. The van der Waals surface area contributed by atoms with Crippen LogP contribution in [0.3, 0.4) is 0 Å². The van der Waals surface area contributed by atoms with Crippen LogP contribution in [0.2, 0.25) is 0 Å². The van der Waals surface area contributed by atoms with Crippen LogP contribution in [0.5, 0.6) is 0 Å². The number of nitrogens with two attached hydrogens (primary N) is 1. The number of aliphatic hydroxyl groups is 2. The standard InChI is InChI=1S/C24H41N5O12P2/c1-2-3-4-5-6-7-8-9-10-11-12-13-17(30)40-43(36,37)41-42(34,35)38-14-16-19(31)20(32)23(39-16)29-15-26-18-21(29)27-24(25)28-22(18)33/h15-16,19-20,23,31-32H,2-14H2,1H3,(H,34,35)(H,36,37)(H3,25,27,28,33)/t16-,19-,20-,23-/m1/s1. The first-order chi connectivity index (χ1) is 20.3. The smallest absolute Gasteiger partial charge is 0.387 e. The summed E-state index contributed by atoms with van der Waals surface area (Å²) in [6.45, 7) is 1.29. The molecule has 3 rings (SSSR count). The van der Waals surface area contributed by atoms with E-state index in [0.29, 0.717) is 12.8 Å². The monoisotopic (exact) mass is 653 g/mol. The Morgan fingerprint density at radius 3 is 2.26 bits per heavy atom. The van der Waals surface area contributed by atoms with Gasteiger partial charge in [0.15, 0.2) is 17.4 Å². The van der Waals surface area contributed by atoms with Crippen LogP contribution >= 0.6 is 15.6 Å². The van der Waals surface area contributed by atoms with Crippen LogP contribution in [-0.4, -0.2) is 70.4 Å². The van der Waals surface area contributed by atoms with Gasteiger partial charge in [-0.2, -0.15) is 9.29 Å². The van der Waals surface area contributed by atoms with Gasteiger partial charge < -0.3 is 30.1 Å². The van der Waals surface area contributed by atoms with Gasteiger partial charge >= 0.3 is 21.6 Å². The number of nitrogen functional groups attached to an aromatic ring is 1. The maximum atomic E-state index is 12.3. The van der Waals surface area contributed by atoms with Gasteiger partial charge in [0.25, 0.3) is 5.56 Å². The van der Waals surface area contributed by atoms with Gasteiger partial charge in [0.1, 0.15) is 18.3 Å². The van der Waals surface area contributed by atoms with Gasteiger partial charge in [-0.15, -0.1) is 0 Å². The molecule has 0 bridgehead atoms. The van der Waals surface area contributed by atoms with Crippen LogP contribution in [0.15, 0.2) is 11.1 Å². The summed E-state index contributed by atoms with van der Waals surface area (Å²) >= 11 is 0. The number of ether oxygens (including phenoxy) is 1. The van der Waals surface area contributed by atoms with Crippen LogP contribution in [0.1, 0.15) is 90.2 Å². The van der Waals surface area contributed by atoms with E-state index in [2.05, 4.69) is 35.2 Å². The van der Waals surface area contributed by atoms with E-state index in [9.17, 15) is 38.7 Å². The molecule has 0 saturated carbocycles. The molecule has 19 heteroatoms. The number of nitrogens with one attached hydrogen (secondary N) is 1. The van der Waals surface area contributed by atoms with E-state index in [1.807, 2.05) is 0 Å². The molecule has 0 aliphatic carbocycles. The molecule has 2 unspecified atom stereocenters. The zero-order valence-corrected chi connectivity index (χ0v) is 25.7. The second-order valence-electron chi connectivity index (χ2n) is 10.4. The number of phosphoric acid groups is 2. The number of anilines is 1. The molecule has 1 fully saturated rings. The third-order valence-corrected chi connectivity index (χ3v) is 9.43. The van der Waals surface area contributed by atoms with Crippen LogP contribution in [0.4, 0.5) is 5.95 Å². The molecule has 2 aromatic rings. The minimum absolute atomic E-state index is 0.0635. The molecule has 43 heavy (non-hydrogen) atoms. The first-order valence-corrected chi connectivity index (χ1v) is 17.3. The largest absolute Gasteiger partial charge is 0.538 e. The fourth-order valence-corrected chi connectivity index (χ4v) is 6.72. The third kappa shape index (κ3) is 10.7. The number of aromatic nitrogens is 4. The van der Waals surface area contributed by atoms with Gasteiger partial charge in [-0.25, -0.2) is 14.1 Å². The van der Waals surface area contributed by atoms with E-state index in [0.717, 1.165) is 30.2 Å².